The van der Waals surface area contributed by atoms with Crippen molar-refractivity contribution in [3.8, 4) is 5.75 Å². The Labute approximate surface area is 176 Å². The van der Waals surface area contributed by atoms with Gasteiger partial charge in [0.2, 0.25) is 0 Å². The van der Waals surface area contributed by atoms with E-state index in [4.69, 9.17) is 4.74 Å². The Balaban J connectivity index is 1.49. The van der Waals surface area contributed by atoms with Crippen molar-refractivity contribution in [1.82, 2.24) is 15.6 Å². The van der Waals surface area contributed by atoms with Crippen LogP contribution in [0.1, 0.15) is 21.8 Å². The lowest BCUT2D eigenvalue weighted by atomic mass is 10.2. The zero-order valence-electron chi connectivity index (χ0n) is 16.2. The van der Waals surface area contributed by atoms with Gasteiger partial charge in [-0.05, 0) is 23.3 Å². The molecule has 0 aliphatic heterocycles. The Morgan fingerprint density at radius 3 is 2.47 bits per heavy atom. The molecular formula is C21H21F3N4OS. The predicted octanol–water partition coefficient (Wildman–Crippen LogP) is 4.61. The minimum atomic E-state index is -4.43. The average molecular weight is 434 g/mol. The Morgan fingerprint density at radius 1 is 1.03 bits per heavy atom. The fourth-order valence-corrected chi connectivity index (χ4v) is 3.31. The number of rotatable bonds is 7. The highest BCUT2D eigenvalue weighted by Gasteiger charge is 2.33. The van der Waals surface area contributed by atoms with E-state index in [0.717, 1.165) is 33.6 Å². The van der Waals surface area contributed by atoms with Crippen molar-refractivity contribution in [3.63, 3.8) is 0 Å². The number of benzene rings is 2. The number of aliphatic imine (C=N–C) groups is 1. The van der Waals surface area contributed by atoms with Gasteiger partial charge >= 0.3 is 6.18 Å². The molecule has 1 heterocycles. The summed E-state index contributed by atoms with van der Waals surface area (Å²) >= 11 is 0.956. The maximum atomic E-state index is 12.6. The van der Waals surface area contributed by atoms with Crippen LogP contribution in [0.2, 0.25) is 0 Å². The molecule has 3 rings (SSSR count). The number of thiazole rings is 1. The Hall–Kier alpha value is -3.07. The summed E-state index contributed by atoms with van der Waals surface area (Å²) in [4.78, 5) is 7.68. The minimum absolute atomic E-state index is 0.153. The number of nitrogens with zero attached hydrogens (tertiary/aromatic N) is 2. The summed E-state index contributed by atoms with van der Waals surface area (Å²) in [5.74, 6) is 1.22. The first-order valence-electron chi connectivity index (χ1n) is 9.16. The number of alkyl halides is 3. The summed E-state index contributed by atoms with van der Waals surface area (Å²) in [6, 6.07) is 17.6. The summed E-state index contributed by atoms with van der Waals surface area (Å²) in [6.45, 7) is 1.11. The monoisotopic (exact) mass is 434 g/mol. The van der Waals surface area contributed by atoms with E-state index in [1.807, 2.05) is 54.6 Å². The second-order valence-corrected chi connectivity index (χ2v) is 7.27. The van der Waals surface area contributed by atoms with Gasteiger partial charge in [0.1, 0.15) is 17.4 Å². The van der Waals surface area contributed by atoms with Crippen molar-refractivity contribution in [2.75, 3.05) is 7.05 Å². The molecular weight excluding hydrogens is 413 g/mol. The molecule has 3 aromatic rings. The number of hydrogen-bond acceptors (Lipinski definition) is 4. The van der Waals surface area contributed by atoms with Gasteiger partial charge in [-0.3, -0.25) is 4.99 Å². The molecule has 0 radical (unpaired) electrons. The number of aromatic nitrogens is 1. The molecule has 0 fully saturated rings. The first kappa shape index (κ1) is 21.6. The number of halogens is 3. The number of nitrogens with one attached hydrogen (secondary N) is 2. The van der Waals surface area contributed by atoms with Crippen LogP contribution < -0.4 is 15.4 Å². The lowest BCUT2D eigenvalue weighted by molar-refractivity contribution is -0.140. The molecule has 0 atom stereocenters. The lowest BCUT2D eigenvalue weighted by Crippen LogP contribution is -2.36. The smallest absolute Gasteiger partial charge is 0.434 e. The predicted molar refractivity (Wildman–Crippen MR) is 111 cm³/mol. The van der Waals surface area contributed by atoms with Crippen LogP contribution in [-0.4, -0.2) is 18.0 Å². The van der Waals surface area contributed by atoms with E-state index >= 15 is 0 Å². The van der Waals surface area contributed by atoms with Crippen LogP contribution >= 0.6 is 11.3 Å². The normalized spacial score (nSPS) is 11.9. The molecule has 0 saturated heterocycles. The van der Waals surface area contributed by atoms with Gasteiger partial charge in [-0.25, -0.2) is 4.98 Å². The van der Waals surface area contributed by atoms with Gasteiger partial charge in [-0.1, -0.05) is 42.5 Å². The quantitative estimate of drug-likeness (QED) is 0.421. The molecule has 9 heteroatoms. The molecule has 0 bridgehead atoms. The largest absolute Gasteiger partial charge is 0.489 e. The van der Waals surface area contributed by atoms with Gasteiger partial charge in [-0.2, -0.15) is 13.2 Å². The van der Waals surface area contributed by atoms with Crippen molar-refractivity contribution in [2.45, 2.75) is 25.9 Å². The Kier molecular flexibility index (Phi) is 7.29. The summed E-state index contributed by atoms with van der Waals surface area (Å²) < 4.78 is 43.7. The summed E-state index contributed by atoms with van der Waals surface area (Å²) in [5.41, 5.74) is 1.19. The molecule has 30 heavy (non-hydrogen) atoms. The van der Waals surface area contributed by atoms with E-state index in [0.29, 0.717) is 24.1 Å². The van der Waals surface area contributed by atoms with Crippen molar-refractivity contribution >= 4 is 17.3 Å². The molecule has 5 nitrogen and oxygen atoms in total. The fourth-order valence-electron chi connectivity index (χ4n) is 2.57. The first-order chi connectivity index (χ1) is 14.4. The van der Waals surface area contributed by atoms with Crippen LogP contribution in [0.25, 0.3) is 0 Å². The molecule has 158 valence electrons. The number of ether oxygens (including phenoxy) is 1. The van der Waals surface area contributed by atoms with Crippen molar-refractivity contribution in [3.05, 3.63) is 81.8 Å². The highest BCUT2D eigenvalue weighted by atomic mass is 32.1. The maximum Gasteiger partial charge on any atom is 0.434 e. The maximum absolute atomic E-state index is 12.6. The van der Waals surface area contributed by atoms with Crippen LogP contribution in [-0.2, 0) is 25.9 Å². The van der Waals surface area contributed by atoms with Crippen LogP contribution in [0.5, 0.6) is 5.75 Å². The van der Waals surface area contributed by atoms with Gasteiger partial charge in [0, 0.05) is 19.0 Å². The number of hydrogen-bond donors (Lipinski definition) is 2. The molecule has 1 aromatic heterocycles. The SMILES string of the molecule is CN=C(NCc1cccc(OCc2ccccc2)c1)NCc1nc(C(F)(F)F)cs1. The van der Waals surface area contributed by atoms with Crippen LogP contribution in [0, 0.1) is 0 Å². The highest BCUT2D eigenvalue weighted by molar-refractivity contribution is 7.09. The Morgan fingerprint density at radius 2 is 1.77 bits per heavy atom. The molecule has 0 amide bonds. The van der Waals surface area contributed by atoms with Crippen LogP contribution in [0.15, 0.2) is 65.0 Å². The van der Waals surface area contributed by atoms with E-state index in [-0.39, 0.29) is 6.54 Å². The standard InChI is InChI=1S/C21H21F3N4OS/c1-25-20(27-12-19-28-18(14-30-19)21(22,23)24)26-11-16-8-5-9-17(10-16)29-13-15-6-3-2-4-7-15/h2-10,14H,11-13H2,1H3,(H2,25,26,27). The molecule has 0 aliphatic carbocycles. The zero-order chi connectivity index (χ0) is 21.4. The highest BCUT2D eigenvalue weighted by Crippen LogP contribution is 2.29. The van der Waals surface area contributed by atoms with E-state index in [9.17, 15) is 13.2 Å². The Bertz CT molecular complexity index is 974. The van der Waals surface area contributed by atoms with Crippen molar-refractivity contribution < 1.29 is 17.9 Å². The second-order valence-electron chi connectivity index (χ2n) is 6.33. The minimum Gasteiger partial charge on any atom is -0.489 e. The third-order valence-corrected chi connectivity index (χ3v) is 4.93. The van der Waals surface area contributed by atoms with Gasteiger partial charge in [0.05, 0.1) is 6.54 Å². The van der Waals surface area contributed by atoms with Crippen molar-refractivity contribution in [1.29, 1.82) is 0 Å². The average Bonchev–Trinajstić information content (AvgIpc) is 3.23. The zero-order valence-corrected chi connectivity index (χ0v) is 17.1. The second kappa shape index (κ2) is 10.1. The summed E-state index contributed by atoms with van der Waals surface area (Å²) in [5, 5.41) is 7.45. The van der Waals surface area contributed by atoms with Crippen LogP contribution in [0.3, 0.4) is 0 Å². The van der Waals surface area contributed by atoms with Crippen LogP contribution in [0.4, 0.5) is 13.2 Å². The molecule has 0 spiro atoms. The molecule has 0 unspecified atom stereocenters. The molecule has 2 aromatic carbocycles. The van der Waals surface area contributed by atoms with E-state index in [1.54, 1.807) is 7.05 Å². The van der Waals surface area contributed by atoms with E-state index < -0.39 is 11.9 Å². The van der Waals surface area contributed by atoms with Gasteiger partial charge < -0.3 is 15.4 Å². The van der Waals surface area contributed by atoms with E-state index in [2.05, 4.69) is 20.6 Å². The van der Waals surface area contributed by atoms with E-state index in [1.165, 1.54) is 0 Å². The molecule has 0 saturated carbocycles. The third kappa shape index (κ3) is 6.48. The lowest BCUT2D eigenvalue weighted by Gasteiger charge is -2.12. The fraction of sp³-hybridized carbons (Fsp3) is 0.238. The van der Waals surface area contributed by atoms with Crippen molar-refractivity contribution in [2.24, 2.45) is 4.99 Å². The number of guanidine groups is 1. The first-order valence-corrected chi connectivity index (χ1v) is 10.0. The summed E-state index contributed by atoms with van der Waals surface area (Å²) in [7, 11) is 1.59. The third-order valence-electron chi connectivity index (χ3n) is 4.08. The van der Waals surface area contributed by atoms with Gasteiger partial charge in [0.15, 0.2) is 11.7 Å². The molecule has 2 N–H and O–H groups in total. The topological polar surface area (TPSA) is 58.5 Å². The molecule has 0 aliphatic rings. The van der Waals surface area contributed by atoms with Gasteiger partial charge in [0.25, 0.3) is 0 Å². The van der Waals surface area contributed by atoms with Gasteiger partial charge in [-0.15, -0.1) is 11.3 Å². The summed E-state index contributed by atoms with van der Waals surface area (Å²) in [6.07, 6.45) is -4.43.